The second-order valence-corrected chi connectivity index (χ2v) is 4.76. The lowest BCUT2D eigenvalue weighted by molar-refractivity contribution is 0.0685. The minimum Gasteiger partial charge on any atom is -0.476 e. The zero-order valence-corrected chi connectivity index (χ0v) is 9.61. The Balaban J connectivity index is 2.17. The van der Waals surface area contributed by atoms with E-state index in [9.17, 15) is 4.79 Å². The lowest BCUT2D eigenvalue weighted by Crippen LogP contribution is -2.15. The summed E-state index contributed by atoms with van der Waals surface area (Å²) < 4.78 is 5.42. The van der Waals surface area contributed by atoms with Gasteiger partial charge in [0.2, 0.25) is 0 Å². The van der Waals surface area contributed by atoms with Crippen molar-refractivity contribution < 1.29 is 14.6 Å². The molecule has 6 heteroatoms. The largest absolute Gasteiger partial charge is 0.476 e. The molecule has 86 valence electrons. The van der Waals surface area contributed by atoms with Crippen molar-refractivity contribution in [2.75, 3.05) is 6.61 Å². The average Bonchev–Trinajstić information content (AvgIpc) is 2.65. The number of hydrogen-bond donors (Lipinski definition) is 1. The van der Waals surface area contributed by atoms with Gasteiger partial charge in [0.05, 0.1) is 6.10 Å². The number of carbonyl (C=O) groups is 1. The summed E-state index contributed by atoms with van der Waals surface area (Å²) in [5, 5.41) is 9.69. The molecule has 5 nitrogen and oxygen atoms in total. The summed E-state index contributed by atoms with van der Waals surface area (Å²) in [6.07, 6.45) is 3.95. The number of aromatic carboxylic acids is 1. The zero-order chi connectivity index (χ0) is 11.5. The fourth-order valence-corrected chi connectivity index (χ4v) is 2.71. The molecule has 2 unspecified atom stereocenters. The Morgan fingerprint density at radius 3 is 2.94 bits per heavy atom. The van der Waals surface area contributed by atoms with Crippen LogP contribution in [0, 0.1) is 0 Å². The van der Waals surface area contributed by atoms with E-state index in [1.54, 1.807) is 0 Å². The molecule has 1 fully saturated rings. The molecule has 1 aliphatic heterocycles. The fraction of sp³-hybridized carbons (Fsp3) is 0.500. The normalized spacial score (nSPS) is 24.6. The molecule has 2 atom stereocenters. The van der Waals surface area contributed by atoms with Crippen molar-refractivity contribution in [3.8, 4) is 0 Å². The first-order valence-electron chi connectivity index (χ1n) is 5.01. The number of carboxylic acids is 1. The van der Waals surface area contributed by atoms with E-state index in [1.807, 2.05) is 6.92 Å². The molecule has 0 aromatic carbocycles. The number of hydrogen-bond acceptors (Lipinski definition) is 5. The van der Waals surface area contributed by atoms with Crippen LogP contribution in [-0.2, 0) is 4.74 Å². The molecule has 0 bridgehead atoms. The Hall–Kier alpha value is -1.14. The summed E-state index contributed by atoms with van der Waals surface area (Å²) in [4.78, 5) is 18.8. The summed E-state index contributed by atoms with van der Waals surface area (Å²) in [6.45, 7) is 2.71. The highest BCUT2D eigenvalue weighted by atomic mass is 32.2. The molecule has 16 heavy (non-hydrogen) atoms. The van der Waals surface area contributed by atoms with Gasteiger partial charge in [0.15, 0.2) is 5.69 Å². The van der Waals surface area contributed by atoms with Gasteiger partial charge >= 0.3 is 5.97 Å². The van der Waals surface area contributed by atoms with Crippen LogP contribution in [0.1, 0.15) is 23.8 Å². The van der Waals surface area contributed by atoms with Crippen LogP contribution in [0.25, 0.3) is 0 Å². The predicted molar refractivity (Wildman–Crippen MR) is 58.7 cm³/mol. The topological polar surface area (TPSA) is 72.3 Å². The quantitative estimate of drug-likeness (QED) is 0.862. The van der Waals surface area contributed by atoms with Crippen molar-refractivity contribution in [1.29, 1.82) is 0 Å². The summed E-state index contributed by atoms with van der Waals surface area (Å²) in [6, 6.07) is 0. The second kappa shape index (κ2) is 4.80. The molecule has 1 aromatic heterocycles. The van der Waals surface area contributed by atoms with Crippen LogP contribution < -0.4 is 0 Å². The molecule has 0 amide bonds. The highest BCUT2D eigenvalue weighted by Crippen LogP contribution is 2.32. The molecule has 0 aliphatic carbocycles. The van der Waals surface area contributed by atoms with E-state index in [0.29, 0.717) is 5.03 Å². The molecule has 1 aliphatic rings. The Kier molecular flexibility index (Phi) is 3.40. The first kappa shape index (κ1) is 11.3. The van der Waals surface area contributed by atoms with Gasteiger partial charge in [-0.05, 0) is 13.3 Å². The zero-order valence-electron chi connectivity index (χ0n) is 8.79. The van der Waals surface area contributed by atoms with Gasteiger partial charge in [-0.3, -0.25) is 0 Å². The van der Waals surface area contributed by atoms with Crippen LogP contribution in [0.3, 0.4) is 0 Å². The maximum Gasteiger partial charge on any atom is 0.357 e. The minimum atomic E-state index is -1.04. The van der Waals surface area contributed by atoms with Gasteiger partial charge in [0.1, 0.15) is 5.03 Å². The Labute approximate surface area is 97.2 Å². The van der Waals surface area contributed by atoms with Crippen LogP contribution in [0.4, 0.5) is 0 Å². The number of nitrogens with zero attached hydrogens (tertiary/aromatic N) is 2. The SMILES string of the molecule is CC1OCCC1Sc1nccnc1C(=O)O. The van der Waals surface area contributed by atoms with Crippen LogP contribution in [0.15, 0.2) is 17.4 Å². The van der Waals surface area contributed by atoms with Gasteiger partial charge in [-0.2, -0.15) is 0 Å². The smallest absolute Gasteiger partial charge is 0.357 e. The molecule has 2 rings (SSSR count). The van der Waals surface area contributed by atoms with Gasteiger partial charge in [-0.15, -0.1) is 0 Å². The monoisotopic (exact) mass is 240 g/mol. The van der Waals surface area contributed by atoms with Crippen molar-refractivity contribution in [2.45, 2.75) is 29.7 Å². The first-order chi connectivity index (χ1) is 7.68. The van der Waals surface area contributed by atoms with E-state index in [1.165, 1.54) is 24.2 Å². The van der Waals surface area contributed by atoms with Gasteiger partial charge in [-0.25, -0.2) is 14.8 Å². The molecule has 0 spiro atoms. The average molecular weight is 240 g/mol. The van der Waals surface area contributed by atoms with E-state index in [4.69, 9.17) is 9.84 Å². The van der Waals surface area contributed by atoms with Gasteiger partial charge in [0.25, 0.3) is 0 Å². The molecule has 1 saturated heterocycles. The summed E-state index contributed by atoms with van der Waals surface area (Å²) in [7, 11) is 0. The standard InChI is InChI=1S/C10H12N2O3S/c1-6-7(2-5-15-6)16-9-8(10(13)14)11-3-4-12-9/h3-4,6-7H,2,5H2,1H3,(H,13,14). The third-order valence-corrected chi connectivity index (χ3v) is 3.88. The number of carboxylic acid groups (broad SMARTS) is 1. The van der Waals surface area contributed by atoms with Crippen molar-refractivity contribution in [3.63, 3.8) is 0 Å². The highest BCUT2D eigenvalue weighted by molar-refractivity contribution is 8.00. The summed E-state index contributed by atoms with van der Waals surface area (Å²) >= 11 is 1.43. The number of aromatic nitrogens is 2. The lowest BCUT2D eigenvalue weighted by atomic mass is 10.3. The van der Waals surface area contributed by atoms with E-state index in [-0.39, 0.29) is 17.0 Å². The van der Waals surface area contributed by atoms with Crippen LogP contribution in [0.5, 0.6) is 0 Å². The van der Waals surface area contributed by atoms with Gasteiger partial charge in [0, 0.05) is 24.3 Å². The predicted octanol–water partition coefficient (Wildman–Crippen LogP) is 1.44. The molecule has 1 aromatic rings. The molecular formula is C10H12N2O3S. The Morgan fingerprint density at radius 2 is 2.31 bits per heavy atom. The minimum absolute atomic E-state index is 0.0200. The van der Waals surface area contributed by atoms with Crippen LogP contribution in [-0.4, -0.2) is 39.0 Å². The van der Waals surface area contributed by atoms with Crippen LogP contribution in [0.2, 0.25) is 0 Å². The second-order valence-electron chi connectivity index (χ2n) is 3.54. The molecule has 2 heterocycles. The Morgan fingerprint density at radius 1 is 1.56 bits per heavy atom. The first-order valence-corrected chi connectivity index (χ1v) is 5.89. The van der Waals surface area contributed by atoms with E-state index >= 15 is 0 Å². The number of thioether (sulfide) groups is 1. The molecule has 0 radical (unpaired) electrons. The van der Waals surface area contributed by atoms with Crippen molar-refractivity contribution >= 4 is 17.7 Å². The maximum atomic E-state index is 10.9. The number of ether oxygens (including phenoxy) is 1. The van der Waals surface area contributed by atoms with Gasteiger partial charge < -0.3 is 9.84 Å². The number of rotatable bonds is 3. The fourth-order valence-electron chi connectivity index (χ4n) is 1.57. The maximum absolute atomic E-state index is 10.9. The summed E-state index contributed by atoms with van der Waals surface area (Å²) in [5.74, 6) is -1.04. The van der Waals surface area contributed by atoms with Crippen LogP contribution >= 0.6 is 11.8 Å². The third kappa shape index (κ3) is 2.33. The van der Waals surface area contributed by atoms with Crippen molar-refractivity contribution in [2.24, 2.45) is 0 Å². The summed E-state index contributed by atoms with van der Waals surface area (Å²) in [5.41, 5.74) is 0.0200. The van der Waals surface area contributed by atoms with E-state index < -0.39 is 5.97 Å². The molecule has 1 N–H and O–H groups in total. The van der Waals surface area contributed by atoms with Gasteiger partial charge in [-0.1, -0.05) is 11.8 Å². The van der Waals surface area contributed by atoms with Crippen molar-refractivity contribution in [1.82, 2.24) is 9.97 Å². The Bertz CT molecular complexity index is 399. The molecule has 0 saturated carbocycles. The molecular weight excluding hydrogens is 228 g/mol. The lowest BCUT2D eigenvalue weighted by Gasteiger charge is -2.13. The van der Waals surface area contributed by atoms with E-state index in [2.05, 4.69) is 9.97 Å². The van der Waals surface area contributed by atoms with E-state index in [0.717, 1.165) is 13.0 Å². The third-order valence-electron chi connectivity index (χ3n) is 2.44. The van der Waals surface area contributed by atoms with Crippen molar-refractivity contribution in [3.05, 3.63) is 18.1 Å². The highest BCUT2D eigenvalue weighted by Gasteiger charge is 2.27.